The zero-order valence-corrected chi connectivity index (χ0v) is 12.1. The van der Waals surface area contributed by atoms with Crippen LogP contribution in [0.2, 0.25) is 0 Å². The Morgan fingerprint density at radius 2 is 2.10 bits per heavy atom. The van der Waals surface area contributed by atoms with Gasteiger partial charge in [0.1, 0.15) is 11.6 Å². The standard InChI is InChI=1S/C15H20FNO4/c1-10(5-3-8-14(18)19)17-15(20)11(2)21-13-7-4-6-12(16)9-13/h4,6-7,9-11H,3,5,8H2,1-2H3,(H,17,20)(H,18,19). The van der Waals surface area contributed by atoms with E-state index in [-0.39, 0.29) is 24.1 Å². The molecular formula is C15H20FNO4. The lowest BCUT2D eigenvalue weighted by atomic mass is 10.1. The summed E-state index contributed by atoms with van der Waals surface area (Å²) >= 11 is 0. The van der Waals surface area contributed by atoms with E-state index in [4.69, 9.17) is 9.84 Å². The number of hydrogen-bond donors (Lipinski definition) is 2. The first-order valence-corrected chi connectivity index (χ1v) is 6.83. The number of ether oxygens (including phenoxy) is 1. The average molecular weight is 297 g/mol. The molecule has 0 saturated heterocycles. The van der Waals surface area contributed by atoms with Crippen LogP contribution < -0.4 is 10.1 Å². The molecule has 2 unspecified atom stereocenters. The van der Waals surface area contributed by atoms with Gasteiger partial charge in [0.25, 0.3) is 5.91 Å². The molecule has 1 amide bonds. The van der Waals surface area contributed by atoms with Crippen molar-refractivity contribution in [2.24, 2.45) is 0 Å². The number of carbonyl (C=O) groups is 2. The predicted octanol–water partition coefficient (Wildman–Crippen LogP) is 2.35. The van der Waals surface area contributed by atoms with Gasteiger partial charge in [-0.15, -0.1) is 0 Å². The van der Waals surface area contributed by atoms with Crippen molar-refractivity contribution in [1.82, 2.24) is 5.32 Å². The second-order valence-corrected chi connectivity index (χ2v) is 4.91. The van der Waals surface area contributed by atoms with Gasteiger partial charge in [-0.1, -0.05) is 6.07 Å². The van der Waals surface area contributed by atoms with E-state index in [1.807, 2.05) is 0 Å². The molecule has 6 heteroatoms. The Kier molecular flexibility index (Phi) is 6.65. The highest BCUT2D eigenvalue weighted by molar-refractivity contribution is 5.80. The average Bonchev–Trinajstić information content (AvgIpc) is 2.38. The van der Waals surface area contributed by atoms with E-state index < -0.39 is 17.9 Å². The zero-order chi connectivity index (χ0) is 15.8. The smallest absolute Gasteiger partial charge is 0.303 e. The van der Waals surface area contributed by atoms with Crippen LogP contribution in [0.15, 0.2) is 24.3 Å². The monoisotopic (exact) mass is 297 g/mol. The van der Waals surface area contributed by atoms with E-state index in [1.165, 1.54) is 18.2 Å². The third-order valence-corrected chi connectivity index (χ3v) is 2.89. The number of hydrogen-bond acceptors (Lipinski definition) is 3. The minimum Gasteiger partial charge on any atom is -0.481 e. The van der Waals surface area contributed by atoms with Crippen molar-refractivity contribution in [3.05, 3.63) is 30.1 Å². The van der Waals surface area contributed by atoms with Crippen LogP contribution in [0.5, 0.6) is 5.75 Å². The highest BCUT2D eigenvalue weighted by atomic mass is 19.1. The molecule has 0 fully saturated rings. The Hall–Kier alpha value is -2.11. The summed E-state index contributed by atoms with van der Waals surface area (Å²) in [7, 11) is 0. The molecule has 0 bridgehead atoms. The first kappa shape index (κ1) is 16.9. The van der Waals surface area contributed by atoms with E-state index in [2.05, 4.69) is 5.32 Å². The Bertz CT molecular complexity index is 492. The molecule has 0 saturated carbocycles. The number of carboxylic acids is 1. The molecule has 0 spiro atoms. The Morgan fingerprint density at radius 1 is 1.38 bits per heavy atom. The summed E-state index contributed by atoms with van der Waals surface area (Å²) in [6.07, 6.45) is 0.393. The fourth-order valence-corrected chi connectivity index (χ4v) is 1.79. The molecule has 116 valence electrons. The van der Waals surface area contributed by atoms with Crippen molar-refractivity contribution in [2.45, 2.75) is 45.3 Å². The van der Waals surface area contributed by atoms with Gasteiger partial charge in [0.15, 0.2) is 6.10 Å². The molecule has 2 N–H and O–H groups in total. The maximum Gasteiger partial charge on any atom is 0.303 e. The van der Waals surface area contributed by atoms with Crippen LogP contribution in [0.25, 0.3) is 0 Å². The van der Waals surface area contributed by atoms with Crippen LogP contribution in [-0.4, -0.2) is 29.1 Å². The number of nitrogens with one attached hydrogen (secondary N) is 1. The zero-order valence-electron chi connectivity index (χ0n) is 12.1. The summed E-state index contributed by atoms with van der Waals surface area (Å²) in [6.45, 7) is 3.37. The van der Waals surface area contributed by atoms with Crippen LogP contribution in [0.4, 0.5) is 4.39 Å². The lowest BCUT2D eigenvalue weighted by Gasteiger charge is -2.18. The molecule has 2 atom stereocenters. The van der Waals surface area contributed by atoms with Gasteiger partial charge >= 0.3 is 5.97 Å². The minimum atomic E-state index is -0.851. The summed E-state index contributed by atoms with van der Waals surface area (Å²) < 4.78 is 18.4. The van der Waals surface area contributed by atoms with E-state index >= 15 is 0 Å². The summed E-state index contributed by atoms with van der Waals surface area (Å²) in [5.74, 6) is -1.31. The molecule has 0 aliphatic carbocycles. The lowest BCUT2D eigenvalue weighted by molar-refractivity contribution is -0.137. The van der Waals surface area contributed by atoms with Crippen LogP contribution >= 0.6 is 0 Å². The molecule has 1 rings (SSSR count). The number of halogens is 1. The van der Waals surface area contributed by atoms with Crippen LogP contribution in [0.1, 0.15) is 33.1 Å². The Labute approximate surface area is 123 Å². The van der Waals surface area contributed by atoms with Gasteiger partial charge in [0.05, 0.1) is 0 Å². The Balaban J connectivity index is 2.38. The van der Waals surface area contributed by atoms with Crippen LogP contribution in [0, 0.1) is 5.82 Å². The van der Waals surface area contributed by atoms with Crippen molar-refractivity contribution in [3.63, 3.8) is 0 Å². The third kappa shape index (κ3) is 6.74. The van der Waals surface area contributed by atoms with E-state index in [1.54, 1.807) is 19.9 Å². The van der Waals surface area contributed by atoms with Crippen LogP contribution in [-0.2, 0) is 9.59 Å². The fraction of sp³-hybridized carbons (Fsp3) is 0.467. The van der Waals surface area contributed by atoms with Gasteiger partial charge < -0.3 is 15.2 Å². The predicted molar refractivity (Wildman–Crippen MR) is 75.6 cm³/mol. The summed E-state index contributed by atoms with van der Waals surface area (Å²) in [6, 6.07) is 5.44. The van der Waals surface area contributed by atoms with Crippen molar-refractivity contribution >= 4 is 11.9 Å². The number of carbonyl (C=O) groups excluding carboxylic acids is 1. The number of rotatable bonds is 8. The number of amides is 1. The van der Waals surface area contributed by atoms with Gasteiger partial charge in [0, 0.05) is 18.5 Å². The maximum atomic E-state index is 13.0. The van der Waals surface area contributed by atoms with Gasteiger partial charge in [-0.3, -0.25) is 9.59 Å². The molecule has 0 radical (unpaired) electrons. The molecule has 0 heterocycles. The minimum absolute atomic E-state index is 0.0789. The van der Waals surface area contributed by atoms with Gasteiger partial charge in [-0.25, -0.2) is 4.39 Å². The normalized spacial score (nSPS) is 13.3. The maximum absolute atomic E-state index is 13.0. The molecule has 21 heavy (non-hydrogen) atoms. The second kappa shape index (κ2) is 8.24. The largest absolute Gasteiger partial charge is 0.481 e. The molecule has 0 aliphatic rings. The summed E-state index contributed by atoms with van der Waals surface area (Å²) in [5.41, 5.74) is 0. The van der Waals surface area contributed by atoms with Crippen molar-refractivity contribution < 1.29 is 23.8 Å². The second-order valence-electron chi connectivity index (χ2n) is 4.91. The van der Waals surface area contributed by atoms with E-state index in [0.29, 0.717) is 12.8 Å². The first-order chi connectivity index (χ1) is 9.88. The highest BCUT2D eigenvalue weighted by Crippen LogP contribution is 2.14. The molecule has 1 aromatic rings. The summed E-state index contributed by atoms with van der Waals surface area (Å²) in [4.78, 5) is 22.3. The number of carboxylic acid groups (broad SMARTS) is 1. The first-order valence-electron chi connectivity index (χ1n) is 6.83. The summed E-state index contributed by atoms with van der Waals surface area (Å²) in [5, 5.41) is 11.3. The Morgan fingerprint density at radius 3 is 2.71 bits per heavy atom. The van der Waals surface area contributed by atoms with E-state index in [0.717, 1.165) is 0 Å². The van der Waals surface area contributed by atoms with Gasteiger partial charge in [-0.05, 0) is 38.8 Å². The molecule has 0 aromatic heterocycles. The molecule has 1 aromatic carbocycles. The van der Waals surface area contributed by atoms with Crippen molar-refractivity contribution in [1.29, 1.82) is 0 Å². The molecular weight excluding hydrogens is 277 g/mol. The quantitative estimate of drug-likeness (QED) is 0.772. The van der Waals surface area contributed by atoms with Crippen molar-refractivity contribution in [2.75, 3.05) is 0 Å². The van der Waals surface area contributed by atoms with Crippen molar-refractivity contribution in [3.8, 4) is 5.75 Å². The van der Waals surface area contributed by atoms with Crippen LogP contribution in [0.3, 0.4) is 0 Å². The topological polar surface area (TPSA) is 75.6 Å². The number of aliphatic carboxylic acids is 1. The lowest BCUT2D eigenvalue weighted by Crippen LogP contribution is -2.41. The fourth-order valence-electron chi connectivity index (χ4n) is 1.79. The molecule has 0 aliphatic heterocycles. The van der Waals surface area contributed by atoms with Gasteiger partial charge in [-0.2, -0.15) is 0 Å². The third-order valence-electron chi connectivity index (χ3n) is 2.89. The highest BCUT2D eigenvalue weighted by Gasteiger charge is 2.17. The number of benzene rings is 1. The van der Waals surface area contributed by atoms with Gasteiger partial charge in [0.2, 0.25) is 0 Å². The molecule has 5 nitrogen and oxygen atoms in total. The SMILES string of the molecule is CC(CCCC(=O)O)NC(=O)C(C)Oc1cccc(F)c1. The van der Waals surface area contributed by atoms with E-state index in [9.17, 15) is 14.0 Å².